The van der Waals surface area contributed by atoms with Gasteiger partial charge in [-0.25, -0.2) is 0 Å². The van der Waals surface area contributed by atoms with E-state index in [1.807, 2.05) is 0 Å². The summed E-state index contributed by atoms with van der Waals surface area (Å²) in [5.41, 5.74) is -0.570. The van der Waals surface area contributed by atoms with Crippen LogP contribution in [0.15, 0.2) is 53.0 Å². The molecule has 2 rings (SSSR count). The Hall–Kier alpha value is -1.33. The van der Waals surface area contributed by atoms with Crippen LogP contribution in [0, 0.1) is 0 Å². The molecular formula is C14H10BrF3O. The topological polar surface area (TPSA) is 20.2 Å². The van der Waals surface area contributed by atoms with Crippen LogP contribution in [0.3, 0.4) is 0 Å². The Morgan fingerprint density at radius 2 is 1.42 bits per heavy atom. The first-order chi connectivity index (χ1) is 8.91. The van der Waals surface area contributed by atoms with Gasteiger partial charge in [0.2, 0.25) is 0 Å². The summed E-state index contributed by atoms with van der Waals surface area (Å²) in [4.78, 5) is 0. The lowest BCUT2D eigenvalue weighted by Crippen LogP contribution is -2.12. The summed E-state index contributed by atoms with van der Waals surface area (Å²) in [7, 11) is 0. The van der Waals surface area contributed by atoms with Gasteiger partial charge in [0.1, 0.15) is 6.10 Å². The van der Waals surface area contributed by atoms with Gasteiger partial charge >= 0.3 is 6.18 Å². The molecule has 1 N–H and O–H groups in total. The first kappa shape index (κ1) is 14.1. The van der Waals surface area contributed by atoms with Gasteiger partial charge < -0.3 is 5.11 Å². The molecule has 0 amide bonds. The second-order valence-corrected chi connectivity index (χ2v) is 4.86. The number of halogens is 4. The van der Waals surface area contributed by atoms with Gasteiger partial charge in [-0.05, 0) is 23.3 Å². The molecule has 0 spiro atoms. The van der Waals surface area contributed by atoms with Gasteiger partial charge in [0, 0.05) is 4.47 Å². The van der Waals surface area contributed by atoms with Gasteiger partial charge in [-0.3, -0.25) is 0 Å². The van der Waals surface area contributed by atoms with E-state index in [1.165, 1.54) is 18.2 Å². The van der Waals surface area contributed by atoms with Crippen molar-refractivity contribution in [1.82, 2.24) is 0 Å². The maximum Gasteiger partial charge on any atom is 0.416 e. The monoisotopic (exact) mass is 330 g/mol. The number of hydrogen-bond acceptors (Lipinski definition) is 1. The highest BCUT2D eigenvalue weighted by Crippen LogP contribution is 2.37. The Bertz CT molecular complexity index is 581. The van der Waals surface area contributed by atoms with Crippen LogP contribution in [-0.4, -0.2) is 5.11 Å². The summed E-state index contributed by atoms with van der Waals surface area (Å²) < 4.78 is 39.3. The second kappa shape index (κ2) is 5.35. The van der Waals surface area contributed by atoms with Crippen LogP contribution >= 0.6 is 15.9 Å². The van der Waals surface area contributed by atoms with Gasteiger partial charge in [0.05, 0.1) is 5.56 Å². The normalized spacial score (nSPS) is 13.3. The highest BCUT2D eigenvalue weighted by atomic mass is 79.9. The summed E-state index contributed by atoms with van der Waals surface area (Å²) in [5, 5.41) is 10.2. The van der Waals surface area contributed by atoms with Crippen LogP contribution in [0.2, 0.25) is 0 Å². The average molecular weight is 331 g/mol. The lowest BCUT2D eigenvalue weighted by Gasteiger charge is -2.18. The van der Waals surface area contributed by atoms with Crippen LogP contribution in [0.4, 0.5) is 13.2 Å². The van der Waals surface area contributed by atoms with E-state index in [0.717, 1.165) is 6.07 Å². The molecule has 0 radical (unpaired) electrons. The summed E-state index contributed by atoms with van der Waals surface area (Å²) in [6, 6.07) is 11.7. The lowest BCUT2D eigenvalue weighted by molar-refractivity contribution is -0.139. The van der Waals surface area contributed by atoms with Crippen molar-refractivity contribution in [2.24, 2.45) is 0 Å². The van der Waals surface area contributed by atoms with Crippen molar-refractivity contribution in [1.29, 1.82) is 0 Å². The van der Waals surface area contributed by atoms with Gasteiger partial charge in [-0.1, -0.05) is 52.3 Å². The summed E-state index contributed by atoms with van der Waals surface area (Å²) in [5.74, 6) is 0. The molecule has 1 nitrogen and oxygen atoms in total. The van der Waals surface area contributed by atoms with Crippen molar-refractivity contribution in [3.63, 3.8) is 0 Å². The van der Waals surface area contributed by atoms with Crippen molar-refractivity contribution >= 4 is 15.9 Å². The fraction of sp³-hybridized carbons (Fsp3) is 0.143. The predicted molar refractivity (Wildman–Crippen MR) is 69.6 cm³/mol. The van der Waals surface area contributed by atoms with E-state index in [2.05, 4.69) is 15.9 Å². The Morgan fingerprint density at radius 1 is 0.895 bits per heavy atom. The third-order valence-corrected chi connectivity index (χ3v) is 3.48. The minimum Gasteiger partial charge on any atom is -0.384 e. The van der Waals surface area contributed by atoms with Gasteiger partial charge in [-0.2, -0.15) is 13.2 Å². The fourth-order valence-corrected chi connectivity index (χ4v) is 2.36. The minimum atomic E-state index is -4.49. The zero-order valence-corrected chi connectivity index (χ0v) is 11.2. The molecule has 2 aromatic carbocycles. The van der Waals surface area contributed by atoms with E-state index in [1.54, 1.807) is 24.3 Å². The molecule has 0 aliphatic rings. The largest absolute Gasteiger partial charge is 0.416 e. The predicted octanol–water partition coefficient (Wildman–Crippen LogP) is 4.55. The molecule has 1 unspecified atom stereocenters. The second-order valence-electron chi connectivity index (χ2n) is 4.01. The van der Waals surface area contributed by atoms with Crippen LogP contribution in [-0.2, 0) is 6.18 Å². The third-order valence-electron chi connectivity index (χ3n) is 2.76. The minimum absolute atomic E-state index is 0.151. The van der Waals surface area contributed by atoms with Crippen LogP contribution in [0.1, 0.15) is 22.8 Å². The number of hydrogen-bond donors (Lipinski definition) is 1. The molecule has 1 atom stereocenters. The van der Waals surface area contributed by atoms with E-state index >= 15 is 0 Å². The maximum atomic E-state index is 12.9. The number of rotatable bonds is 2. The number of aliphatic hydroxyl groups is 1. The lowest BCUT2D eigenvalue weighted by atomic mass is 9.96. The molecule has 0 saturated heterocycles. The molecule has 2 aromatic rings. The fourth-order valence-electron chi connectivity index (χ4n) is 1.86. The summed E-state index contributed by atoms with van der Waals surface area (Å²) in [6.07, 6.45) is -5.81. The standard InChI is InChI=1S/C14H10BrF3O/c15-12-8-4-2-6-10(12)13(19)9-5-1-3-7-11(9)14(16,17)18/h1-8,13,19H. The van der Waals surface area contributed by atoms with Crippen molar-refractivity contribution < 1.29 is 18.3 Å². The average Bonchev–Trinajstić information content (AvgIpc) is 2.37. The molecule has 19 heavy (non-hydrogen) atoms. The van der Waals surface area contributed by atoms with Crippen LogP contribution < -0.4 is 0 Å². The summed E-state index contributed by atoms with van der Waals surface area (Å²) >= 11 is 3.23. The van der Waals surface area contributed by atoms with Gasteiger partial charge in [-0.15, -0.1) is 0 Å². The third kappa shape index (κ3) is 2.98. The molecule has 5 heteroatoms. The summed E-state index contributed by atoms with van der Waals surface area (Å²) in [6.45, 7) is 0. The van der Waals surface area contributed by atoms with Gasteiger partial charge in [0.25, 0.3) is 0 Å². The molecule has 100 valence electrons. The Kier molecular flexibility index (Phi) is 3.96. The van der Waals surface area contributed by atoms with Crippen molar-refractivity contribution in [3.8, 4) is 0 Å². The van der Waals surface area contributed by atoms with E-state index in [0.29, 0.717) is 10.0 Å². The number of alkyl halides is 3. The molecule has 0 aliphatic heterocycles. The van der Waals surface area contributed by atoms with E-state index in [-0.39, 0.29) is 5.56 Å². The van der Waals surface area contributed by atoms with E-state index in [4.69, 9.17) is 0 Å². The van der Waals surface area contributed by atoms with Crippen molar-refractivity contribution in [3.05, 3.63) is 69.7 Å². The highest BCUT2D eigenvalue weighted by Gasteiger charge is 2.35. The van der Waals surface area contributed by atoms with E-state index < -0.39 is 17.8 Å². The number of aliphatic hydroxyl groups excluding tert-OH is 1. The quantitative estimate of drug-likeness (QED) is 0.856. The molecule has 0 bridgehead atoms. The van der Waals surface area contributed by atoms with Crippen molar-refractivity contribution in [2.45, 2.75) is 12.3 Å². The van der Waals surface area contributed by atoms with Crippen LogP contribution in [0.5, 0.6) is 0 Å². The number of benzene rings is 2. The first-order valence-electron chi connectivity index (χ1n) is 5.50. The maximum absolute atomic E-state index is 12.9. The highest BCUT2D eigenvalue weighted by molar-refractivity contribution is 9.10. The molecule has 0 aromatic heterocycles. The molecule has 0 fully saturated rings. The Balaban J connectivity index is 2.51. The Labute approximate surface area is 116 Å². The van der Waals surface area contributed by atoms with E-state index in [9.17, 15) is 18.3 Å². The van der Waals surface area contributed by atoms with Crippen molar-refractivity contribution in [2.75, 3.05) is 0 Å². The molecule has 0 aliphatic carbocycles. The SMILES string of the molecule is OC(c1ccccc1Br)c1ccccc1C(F)(F)F. The molecule has 0 saturated carbocycles. The molecule has 0 heterocycles. The Morgan fingerprint density at radius 3 is 2.00 bits per heavy atom. The van der Waals surface area contributed by atoms with Gasteiger partial charge in [0.15, 0.2) is 0 Å². The first-order valence-corrected chi connectivity index (χ1v) is 6.29. The zero-order valence-electron chi connectivity index (χ0n) is 9.66. The zero-order chi connectivity index (χ0) is 14.0. The van der Waals surface area contributed by atoms with Crippen LogP contribution in [0.25, 0.3) is 0 Å². The molecular weight excluding hydrogens is 321 g/mol. The smallest absolute Gasteiger partial charge is 0.384 e.